The number of carbonyl (C=O) groups excluding carboxylic acids is 3. The van der Waals surface area contributed by atoms with Gasteiger partial charge in [-0.05, 0) is 49.6 Å². The Bertz CT molecular complexity index is 936. The van der Waals surface area contributed by atoms with Crippen LogP contribution in [0.5, 0.6) is 0 Å². The number of carbonyl (C=O) groups is 3. The fourth-order valence-electron chi connectivity index (χ4n) is 3.03. The van der Waals surface area contributed by atoms with Gasteiger partial charge in [0, 0.05) is 29.2 Å². The lowest BCUT2D eigenvalue weighted by atomic mass is 10.1. The van der Waals surface area contributed by atoms with Crippen molar-refractivity contribution in [3.63, 3.8) is 0 Å². The fourth-order valence-corrected chi connectivity index (χ4v) is 3.48. The van der Waals surface area contributed by atoms with E-state index in [9.17, 15) is 18.8 Å². The Morgan fingerprint density at radius 2 is 2.00 bits per heavy atom. The number of hydrogen-bond donors (Lipinski definition) is 1. The number of anilines is 2. The molecular formula is C21H21FN2O4S. The third-order valence-electron chi connectivity index (χ3n) is 4.58. The van der Waals surface area contributed by atoms with E-state index < -0.39 is 29.7 Å². The summed E-state index contributed by atoms with van der Waals surface area (Å²) >= 11 is 1.57. The Kier molecular flexibility index (Phi) is 6.53. The molecule has 0 radical (unpaired) electrons. The van der Waals surface area contributed by atoms with Gasteiger partial charge >= 0.3 is 5.97 Å². The minimum atomic E-state index is -1.07. The topological polar surface area (TPSA) is 75.7 Å². The van der Waals surface area contributed by atoms with Crippen molar-refractivity contribution in [1.82, 2.24) is 0 Å². The Labute approximate surface area is 172 Å². The first kappa shape index (κ1) is 20.9. The van der Waals surface area contributed by atoms with Crippen molar-refractivity contribution in [2.45, 2.75) is 24.3 Å². The molecule has 1 fully saturated rings. The molecule has 1 heterocycles. The van der Waals surface area contributed by atoms with E-state index in [1.165, 1.54) is 31.2 Å². The van der Waals surface area contributed by atoms with E-state index in [2.05, 4.69) is 5.32 Å². The van der Waals surface area contributed by atoms with E-state index >= 15 is 0 Å². The van der Waals surface area contributed by atoms with E-state index in [1.807, 2.05) is 30.5 Å². The number of halogens is 1. The minimum absolute atomic E-state index is 0.0283. The molecule has 2 amide bonds. The maximum atomic E-state index is 13.2. The number of nitrogens with zero attached hydrogens (tertiary/aromatic N) is 1. The second-order valence-electron chi connectivity index (χ2n) is 6.69. The van der Waals surface area contributed by atoms with Gasteiger partial charge in [-0.3, -0.25) is 14.4 Å². The lowest BCUT2D eigenvalue weighted by Gasteiger charge is -2.18. The zero-order chi connectivity index (χ0) is 21.0. The van der Waals surface area contributed by atoms with E-state index in [-0.39, 0.29) is 24.6 Å². The molecule has 8 heteroatoms. The highest BCUT2D eigenvalue weighted by Gasteiger charge is 2.37. The van der Waals surface area contributed by atoms with Crippen LogP contribution in [-0.4, -0.2) is 36.7 Å². The maximum absolute atomic E-state index is 13.2. The molecule has 1 aliphatic rings. The minimum Gasteiger partial charge on any atom is -0.452 e. The molecule has 6 nitrogen and oxygen atoms in total. The van der Waals surface area contributed by atoms with Gasteiger partial charge in [0.05, 0.1) is 5.92 Å². The molecule has 0 saturated carbocycles. The SMILES string of the molecule is CSc1cccc(N2C[C@H](C(=O)O[C@H](C)C(=O)Nc3cccc(F)c3)CC2=O)c1. The van der Waals surface area contributed by atoms with E-state index in [1.54, 1.807) is 16.7 Å². The normalized spacial score (nSPS) is 17.1. The van der Waals surface area contributed by atoms with Crippen molar-refractivity contribution >= 4 is 40.9 Å². The molecule has 2 atom stereocenters. The number of benzene rings is 2. The first-order chi connectivity index (χ1) is 13.9. The fraction of sp³-hybridized carbons (Fsp3) is 0.286. The molecule has 2 aromatic carbocycles. The molecule has 0 spiro atoms. The molecular weight excluding hydrogens is 395 g/mol. The Hall–Kier alpha value is -2.87. The first-order valence-electron chi connectivity index (χ1n) is 9.08. The number of thioether (sulfide) groups is 1. The van der Waals surface area contributed by atoms with Crippen molar-refractivity contribution in [2.75, 3.05) is 23.0 Å². The predicted octanol–water partition coefficient (Wildman–Crippen LogP) is 3.47. The summed E-state index contributed by atoms with van der Waals surface area (Å²) in [5.74, 6) is -2.48. The summed E-state index contributed by atoms with van der Waals surface area (Å²) in [7, 11) is 0. The van der Waals surface area contributed by atoms with E-state index in [0.717, 1.165) is 10.6 Å². The number of rotatable bonds is 6. The van der Waals surface area contributed by atoms with Crippen molar-refractivity contribution in [2.24, 2.45) is 5.92 Å². The second kappa shape index (κ2) is 9.09. The first-order valence-corrected chi connectivity index (χ1v) is 10.3. The Balaban J connectivity index is 1.59. The van der Waals surface area contributed by atoms with Gasteiger partial charge in [-0.25, -0.2) is 4.39 Å². The quantitative estimate of drug-likeness (QED) is 0.577. The molecule has 3 rings (SSSR count). The van der Waals surface area contributed by atoms with Crippen LogP contribution in [0.3, 0.4) is 0 Å². The molecule has 152 valence electrons. The Morgan fingerprint density at radius 1 is 1.24 bits per heavy atom. The van der Waals surface area contributed by atoms with Gasteiger partial charge in [-0.1, -0.05) is 12.1 Å². The molecule has 1 saturated heterocycles. The monoisotopic (exact) mass is 416 g/mol. The van der Waals surface area contributed by atoms with Crippen LogP contribution in [0.15, 0.2) is 53.4 Å². The van der Waals surface area contributed by atoms with Crippen molar-refractivity contribution in [1.29, 1.82) is 0 Å². The molecule has 0 aromatic heterocycles. The summed E-state index contributed by atoms with van der Waals surface area (Å²) in [4.78, 5) is 39.6. The van der Waals surface area contributed by atoms with Crippen LogP contribution in [0.2, 0.25) is 0 Å². The summed E-state index contributed by atoms with van der Waals surface area (Å²) < 4.78 is 18.5. The number of ether oxygens (including phenoxy) is 1. The number of hydrogen-bond acceptors (Lipinski definition) is 5. The maximum Gasteiger partial charge on any atom is 0.312 e. The molecule has 29 heavy (non-hydrogen) atoms. The highest BCUT2D eigenvalue weighted by atomic mass is 32.2. The number of amides is 2. The number of nitrogens with one attached hydrogen (secondary N) is 1. The van der Waals surface area contributed by atoms with E-state index in [0.29, 0.717) is 0 Å². The van der Waals surface area contributed by atoms with Crippen molar-refractivity contribution in [3.05, 3.63) is 54.3 Å². The van der Waals surface area contributed by atoms with Gasteiger partial charge in [-0.15, -0.1) is 11.8 Å². The molecule has 1 N–H and O–H groups in total. The van der Waals surface area contributed by atoms with Gasteiger partial charge < -0.3 is 15.0 Å². The summed E-state index contributed by atoms with van der Waals surface area (Å²) in [6.07, 6.45) is 0.900. The third kappa shape index (κ3) is 5.14. The summed E-state index contributed by atoms with van der Waals surface area (Å²) in [6.45, 7) is 1.64. The third-order valence-corrected chi connectivity index (χ3v) is 5.30. The molecule has 0 aliphatic carbocycles. The highest BCUT2D eigenvalue weighted by molar-refractivity contribution is 7.98. The van der Waals surface area contributed by atoms with Crippen LogP contribution in [0.1, 0.15) is 13.3 Å². The lowest BCUT2D eigenvalue weighted by Crippen LogP contribution is -2.33. The van der Waals surface area contributed by atoms with Crippen molar-refractivity contribution < 1.29 is 23.5 Å². The average Bonchev–Trinajstić information content (AvgIpc) is 3.10. The standard InChI is InChI=1S/C21H21FN2O4S/c1-13(20(26)23-16-6-3-5-15(22)10-16)28-21(27)14-9-19(25)24(12-14)17-7-4-8-18(11-17)29-2/h3-8,10-11,13-14H,9,12H2,1-2H3,(H,23,26)/t13-,14-/m1/s1. The summed E-state index contributed by atoms with van der Waals surface area (Å²) in [5.41, 5.74) is 1.00. The molecule has 0 unspecified atom stereocenters. The largest absolute Gasteiger partial charge is 0.452 e. The van der Waals surface area contributed by atoms with Crippen LogP contribution in [-0.2, 0) is 19.1 Å². The van der Waals surface area contributed by atoms with Gasteiger partial charge in [0.2, 0.25) is 5.91 Å². The summed E-state index contributed by atoms with van der Waals surface area (Å²) in [5, 5.41) is 2.50. The van der Waals surface area contributed by atoms with Gasteiger partial charge in [0.25, 0.3) is 5.91 Å². The molecule has 2 aromatic rings. The van der Waals surface area contributed by atoms with Crippen LogP contribution in [0.4, 0.5) is 15.8 Å². The van der Waals surface area contributed by atoms with Crippen LogP contribution in [0.25, 0.3) is 0 Å². The van der Waals surface area contributed by atoms with Crippen molar-refractivity contribution in [3.8, 4) is 0 Å². The highest BCUT2D eigenvalue weighted by Crippen LogP contribution is 2.29. The smallest absolute Gasteiger partial charge is 0.312 e. The number of esters is 1. The predicted molar refractivity (Wildman–Crippen MR) is 109 cm³/mol. The lowest BCUT2D eigenvalue weighted by molar-refractivity contribution is -0.157. The summed E-state index contributed by atoms with van der Waals surface area (Å²) in [6, 6.07) is 12.9. The van der Waals surface area contributed by atoms with Gasteiger partial charge in [0.1, 0.15) is 5.82 Å². The van der Waals surface area contributed by atoms with Crippen LogP contribution < -0.4 is 10.2 Å². The van der Waals surface area contributed by atoms with Gasteiger partial charge in [0.15, 0.2) is 6.10 Å². The zero-order valence-electron chi connectivity index (χ0n) is 16.1. The molecule has 0 bridgehead atoms. The average molecular weight is 416 g/mol. The Morgan fingerprint density at radius 3 is 2.72 bits per heavy atom. The van der Waals surface area contributed by atoms with Gasteiger partial charge in [-0.2, -0.15) is 0 Å². The molecule has 1 aliphatic heterocycles. The van der Waals surface area contributed by atoms with Crippen LogP contribution in [0, 0.1) is 11.7 Å². The zero-order valence-corrected chi connectivity index (χ0v) is 16.9. The van der Waals surface area contributed by atoms with E-state index in [4.69, 9.17) is 4.74 Å². The second-order valence-corrected chi connectivity index (χ2v) is 7.57. The van der Waals surface area contributed by atoms with Crippen LogP contribution >= 0.6 is 11.8 Å².